The number of hydrogen-bond donors (Lipinski definition) is 5. The highest BCUT2D eigenvalue weighted by Crippen LogP contribution is 2.25. The number of anilines is 1. The molecule has 9 nitrogen and oxygen atoms in total. The normalized spacial score (nSPS) is 26.1. The Hall–Kier alpha value is -2.82. The molecule has 0 radical (unpaired) electrons. The molecular formula is C21H23NO8. The number of amides is 1. The summed E-state index contributed by atoms with van der Waals surface area (Å²) in [5, 5.41) is 41.5. The van der Waals surface area contributed by atoms with Crippen LogP contribution in [0.4, 0.5) is 5.69 Å². The molecule has 2 aromatic rings. The van der Waals surface area contributed by atoms with Gasteiger partial charge in [0.15, 0.2) is 6.10 Å². The molecule has 1 aliphatic heterocycles. The third kappa shape index (κ3) is 4.50. The van der Waals surface area contributed by atoms with Crippen molar-refractivity contribution < 1.29 is 39.5 Å². The van der Waals surface area contributed by atoms with E-state index in [0.29, 0.717) is 11.3 Å². The molecule has 0 aromatic heterocycles. The maximum atomic E-state index is 12.5. The maximum absolute atomic E-state index is 12.5. The van der Waals surface area contributed by atoms with E-state index >= 15 is 0 Å². The molecule has 1 amide bonds. The van der Waals surface area contributed by atoms with Gasteiger partial charge in [-0.15, -0.1) is 0 Å². The van der Waals surface area contributed by atoms with E-state index in [1.54, 1.807) is 42.5 Å². The molecular weight excluding hydrogens is 394 g/mol. The molecule has 160 valence electrons. The zero-order valence-electron chi connectivity index (χ0n) is 16.1. The fraction of sp³-hybridized carbons (Fsp3) is 0.333. The monoisotopic (exact) mass is 417 g/mol. The summed E-state index contributed by atoms with van der Waals surface area (Å²) in [7, 11) is 1.31. The van der Waals surface area contributed by atoms with Crippen molar-refractivity contribution in [3.8, 4) is 11.1 Å². The van der Waals surface area contributed by atoms with Crippen LogP contribution in [0.3, 0.4) is 0 Å². The number of ether oxygens (including phenoxy) is 2. The van der Waals surface area contributed by atoms with Crippen molar-refractivity contribution >= 4 is 17.6 Å². The Morgan fingerprint density at radius 2 is 1.70 bits per heavy atom. The van der Waals surface area contributed by atoms with Crippen molar-refractivity contribution in [3.05, 3.63) is 54.1 Å². The van der Waals surface area contributed by atoms with Crippen molar-refractivity contribution in [1.82, 2.24) is 0 Å². The number of carbonyl (C=O) groups is 2. The van der Waals surface area contributed by atoms with Crippen molar-refractivity contribution in [2.75, 3.05) is 19.0 Å². The summed E-state index contributed by atoms with van der Waals surface area (Å²) in [6, 6.07) is 13.6. The molecule has 2 aromatic carbocycles. The van der Waals surface area contributed by atoms with Gasteiger partial charge in [0.2, 0.25) is 0 Å². The first-order chi connectivity index (χ1) is 14.3. The second-order valence-corrected chi connectivity index (χ2v) is 6.89. The molecule has 0 aliphatic carbocycles. The van der Waals surface area contributed by atoms with Gasteiger partial charge >= 0.3 is 5.97 Å². The number of carbonyl (C=O) groups excluding carboxylic acids is 2. The molecule has 0 bridgehead atoms. The predicted molar refractivity (Wildman–Crippen MR) is 106 cm³/mol. The van der Waals surface area contributed by atoms with E-state index in [1.807, 2.05) is 6.07 Å². The summed E-state index contributed by atoms with van der Waals surface area (Å²) in [6.07, 6.45) is -7.44. The standard InChI is InChI=1S/C21H23NO8/c1-29-21(28)13-4-2-3-12(9-13)11-5-7-14(8-6-11)22-20(27)19-18(26)17(25)16(24)15(10-23)30-19/h2-9,15-19,23-26H,10H2,1H3,(H,22,27)/t15-,16-,17-,18-,19+/m1/s1. The average Bonchev–Trinajstić information content (AvgIpc) is 2.77. The third-order valence-electron chi connectivity index (χ3n) is 4.92. The number of rotatable bonds is 5. The Labute approximate surface area is 172 Å². The molecule has 1 fully saturated rings. The van der Waals surface area contributed by atoms with Crippen LogP contribution in [-0.4, -0.2) is 76.5 Å². The average molecular weight is 417 g/mol. The Kier molecular flexibility index (Phi) is 6.80. The van der Waals surface area contributed by atoms with E-state index in [0.717, 1.165) is 11.1 Å². The Balaban J connectivity index is 1.71. The van der Waals surface area contributed by atoms with Crippen molar-refractivity contribution in [1.29, 1.82) is 0 Å². The SMILES string of the molecule is COC(=O)c1cccc(-c2ccc(NC(=O)[C@H]3O[C@H](CO)[C@@H](O)[C@@H](O)[C@H]3O)cc2)c1. The van der Waals surface area contributed by atoms with Gasteiger partial charge in [0.25, 0.3) is 5.91 Å². The molecule has 5 N–H and O–H groups in total. The highest BCUT2D eigenvalue weighted by molar-refractivity contribution is 5.95. The van der Waals surface area contributed by atoms with Crippen molar-refractivity contribution in [2.45, 2.75) is 30.5 Å². The minimum absolute atomic E-state index is 0.407. The molecule has 5 atom stereocenters. The minimum Gasteiger partial charge on any atom is -0.465 e. The fourth-order valence-corrected chi connectivity index (χ4v) is 3.22. The van der Waals surface area contributed by atoms with Crippen LogP contribution in [0.5, 0.6) is 0 Å². The lowest BCUT2D eigenvalue weighted by Crippen LogP contribution is -2.61. The summed E-state index contributed by atoms with van der Waals surface area (Å²) in [6.45, 7) is -0.617. The third-order valence-corrected chi connectivity index (χ3v) is 4.92. The van der Waals surface area contributed by atoms with E-state index in [2.05, 4.69) is 5.32 Å². The molecule has 0 saturated carbocycles. The van der Waals surface area contributed by atoms with Gasteiger partial charge in [0, 0.05) is 5.69 Å². The first kappa shape index (κ1) is 21.9. The zero-order valence-corrected chi connectivity index (χ0v) is 16.1. The lowest BCUT2D eigenvalue weighted by molar-refractivity contribution is -0.224. The second-order valence-electron chi connectivity index (χ2n) is 6.89. The summed E-state index contributed by atoms with van der Waals surface area (Å²) in [5.41, 5.74) is 2.40. The van der Waals surface area contributed by atoms with E-state index in [1.165, 1.54) is 7.11 Å². The lowest BCUT2D eigenvalue weighted by atomic mass is 9.94. The maximum Gasteiger partial charge on any atom is 0.337 e. The second kappa shape index (κ2) is 9.33. The number of esters is 1. The molecule has 0 spiro atoms. The number of nitrogens with one attached hydrogen (secondary N) is 1. The fourth-order valence-electron chi connectivity index (χ4n) is 3.22. The number of methoxy groups -OCH3 is 1. The Bertz CT molecular complexity index is 898. The van der Waals surface area contributed by atoms with Gasteiger partial charge in [-0.2, -0.15) is 0 Å². The number of hydrogen-bond acceptors (Lipinski definition) is 8. The molecule has 0 unspecified atom stereocenters. The highest BCUT2D eigenvalue weighted by atomic mass is 16.5. The molecule has 1 heterocycles. The van der Waals surface area contributed by atoms with Gasteiger partial charge in [0.1, 0.15) is 24.4 Å². The number of aliphatic hydroxyl groups excluding tert-OH is 4. The minimum atomic E-state index is -1.65. The summed E-state index contributed by atoms with van der Waals surface area (Å²) in [5.74, 6) is -1.17. The molecule has 1 saturated heterocycles. The van der Waals surface area contributed by atoms with Gasteiger partial charge in [-0.3, -0.25) is 4.79 Å². The van der Waals surface area contributed by atoms with Crippen molar-refractivity contribution in [3.63, 3.8) is 0 Å². The van der Waals surface area contributed by atoms with E-state index in [-0.39, 0.29) is 0 Å². The van der Waals surface area contributed by atoms with Gasteiger partial charge in [0.05, 0.1) is 19.3 Å². The largest absolute Gasteiger partial charge is 0.465 e. The van der Waals surface area contributed by atoms with E-state index in [4.69, 9.17) is 9.47 Å². The van der Waals surface area contributed by atoms with Crippen LogP contribution in [0.2, 0.25) is 0 Å². The van der Waals surface area contributed by atoms with Gasteiger partial charge in [-0.25, -0.2) is 4.79 Å². The lowest BCUT2D eigenvalue weighted by Gasteiger charge is -2.39. The van der Waals surface area contributed by atoms with Gasteiger partial charge < -0.3 is 35.2 Å². The van der Waals surface area contributed by atoms with Crippen LogP contribution in [-0.2, 0) is 14.3 Å². The van der Waals surface area contributed by atoms with Crippen LogP contribution >= 0.6 is 0 Å². The first-order valence-electron chi connectivity index (χ1n) is 9.26. The van der Waals surface area contributed by atoms with Crippen LogP contribution < -0.4 is 5.32 Å². The Morgan fingerprint density at radius 3 is 2.33 bits per heavy atom. The summed E-state index contributed by atoms with van der Waals surface area (Å²) < 4.78 is 9.96. The highest BCUT2D eigenvalue weighted by Gasteiger charge is 2.46. The number of aliphatic hydroxyl groups is 4. The summed E-state index contributed by atoms with van der Waals surface area (Å²) >= 11 is 0. The van der Waals surface area contributed by atoms with E-state index in [9.17, 15) is 30.0 Å². The smallest absolute Gasteiger partial charge is 0.337 e. The van der Waals surface area contributed by atoms with Crippen LogP contribution in [0.15, 0.2) is 48.5 Å². The number of benzene rings is 2. The Morgan fingerprint density at radius 1 is 1.00 bits per heavy atom. The molecule has 1 aliphatic rings. The van der Waals surface area contributed by atoms with Crippen molar-refractivity contribution in [2.24, 2.45) is 0 Å². The van der Waals surface area contributed by atoms with Crippen LogP contribution in [0, 0.1) is 0 Å². The first-order valence-corrected chi connectivity index (χ1v) is 9.26. The quantitative estimate of drug-likeness (QED) is 0.425. The van der Waals surface area contributed by atoms with Crippen LogP contribution in [0.1, 0.15) is 10.4 Å². The predicted octanol–water partition coefficient (Wildman–Crippen LogP) is -0.0789. The van der Waals surface area contributed by atoms with Gasteiger partial charge in [-0.1, -0.05) is 24.3 Å². The zero-order chi connectivity index (χ0) is 21.8. The van der Waals surface area contributed by atoms with Gasteiger partial charge in [-0.05, 0) is 35.4 Å². The molecule has 3 rings (SSSR count). The topological polar surface area (TPSA) is 146 Å². The summed E-state index contributed by atoms with van der Waals surface area (Å²) in [4.78, 5) is 24.2. The van der Waals surface area contributed by atoms with E-state index < -0.39 is 49.0 Å². The van der Waals surface area contributed by atoms with Crippen LogP contribution in [0.25, 0.3) is 11.1 Å². The molecule has 30 heavy (non-hydrogen) atoms. The molecule has 9 heteroatoms.